The van der Waals surface area contributed by atoms with Crippen molar-refractivity contribution in [2.75, 3.05) is 20.2 Å². The number of thiophene rings is 1. The highest BCUT2D eigenvalue weighted by atomic mass is 32.1. The number of ether oxygens (including phenoxy) is 2. The van der Waals surface area contributed by atoms with Crippen LogP contribution in [0.1, 0.15) is 17.7 Å². The molecule has 2 aromatic rings. The number of carbonyl (C=O) groups is 1. The van der Waals surface area contributed by atoms with Gasteiger partial charge in [-0.05, 0) is 30.4 Å². The topological polar surface area (TPSA) is 64.6 Å². The first-order valence-electron chi connectivity index (χ1n) is 7.79. The molecule has 0 N–H and O–H groups in total. The predicted octanol–water partition coefficient (Wildman–Crippen LogP) is 2.63. The van der Waals surface area contributed by atoms with E-state index in [9.17, 15) is 4.79 Å². The van der Waals surface area contributed by atoms with Gasteiger partial charge < -0.3 is 14.4 Å². The number of hydrogen-bond donors (Lipinski definition) is 0. The zero-order valence-electron chi connectivity index (χ0n) is 13.4. The van der Waals surface area contributed by atoms with Gasteiger partial charge in [0.1, 0.15) is 6.10 Å². The average molecular weight is 345 g/mol. The molecule has 2 aromatic heterocycles. The van der Waals surface area contributed by atoms with Crippen molar-refractivity contribution in [2.45, 2.75) is 18.9 Å². The number of amides is 1. The fourth-order valence-corrected chi connectivity index (χ4v) is 3.15. The highest BCUT2D eigenvalue weighted by Crippen LogP contribution is 2.18. The fraction of sp³-hybridized carbons (Fsp3) is 0.353. The van der Waals surface area contributed by atoms with Gasteiger partial charge in [-0.3, -0.25) is 4.79 Å². The van der Waals surface area contributed by atoms with Crippen LogP contribution in [0.5, 0.6) is 11.8 Å². The van der Waals surface area contributed by atoms with Crippen LogP contribution < -0.4 is 9.47 Å². The van der Waals surface area contributed by atoms with Crippen molar-refractivity contribution in [3.63, 3.8) is 0 Å². The molecule has 3 heterocycles. The summed E-state index contributed by atoms with van der Waals surface area (Å²) in [5, 5.41) is 9.85. The number of carbonyl (C=O) groups excluding carboxylic acids is 1. The summed E-state index contributed by atoms with van der Waals surface area (Å²) in [7, 11) is 1.54. The largest absolute Gasteiger partial charge is 0.480 e. The van der Waals surface area contributed by atoms with Gasteiger partial charge >= 0.3 is 0 Å². The molecular formula is C17H19N3O3S. The molecule has 126 valence electrons. The first-order valence-corrected chi connectivity index (χ1v) is 8.67. The molecule has 1 aliphatic rings. The van der Waals surface area contributed by atoms with E-state index in [-0.39, 0.29) is 12.0 Å². The van der Waals surface area contributed by atoms with E-state index in [4.69, 9.17) is 9.47 Å². The Morgan fingerprint density at radius 1 is 1.33 bits per heavy atom. The first-order chi connectivity index (χ1) is 11.7. The highest BCUT2D eigenvalue weighted by molar-refractivity contribution is 7.10. The maximum Gasteiger partial charge on any atom is 0.246 e. The number of methoxy groups -OCH3 is 1. The molecule has 3 rings (SSSR count). The van der Waals surface area contributed by atoms with Gasteiger partial charge in [0.05, 0.1) is 13.7 Å². The van der Waals surface area contributed by atoms with Crippen LogP contribution >= 0.6 is 11.3 Å². The monoisotopic (exact) mass is 345 g/mol. The van der Waals surface area contributed by atoms with E-state index in [1.165, 1.54) is 0 Å². The molecule has 0 bridgehead atoms. The predicted molar refractivity (Wildman–Crippen MR) is 92.2 cm³/mol. The smallest absolute Gasteiger partial charge is 0.246 e. The van der Waals surface area contributed by atoms with Gasteiger partial charge in [-0.25, -0.2) is 0 Å². The van der Waals surface area contributed by atoms with Crippen LogP contribution in [0.15, 0.2) is 35.7 Å². The number of nitrogens with zero attached hydrogens (tertiary/aromatic N) is 3. The summed E-state index contributed by atoms with van der Waals surface area (Å²) in [6.45, 7) is 1.31. The van der Waals surface area contributed by atoms with Crippen LogP contribution in [-0.2, 0) is 4.79 Å². The molecule has 0 spiro atoms. The average Bonchev–Trinajstić information content (AvgIpc) is 3.14. The molecule has 1 unspecified atom stereocenters. The molecule has 1 saturated heterocycles. The van der Waals surface area contributed by atoms with E-state index >= 15 is 0 Å². The third kappa shape index (κ3) is 4.32. The number of hydrogen-bond acceptors (Lipinski definition) is 6. The van der Waals surface area contributed by atoms with E-state index in [0.717, 1.165) is 24.3 Å². The molecule has 1 amide bonds. The normalized spacial score (nSPS) is 17.9. The standard InChI is InChI=1S/C17H19N3O3S/c1-22-15-7-8-16(19-18-15)23-13-4-2-10-20(12-13)17(21)9-6-14-5-3-11-24-14/h3,5-9,11,13H,2,4,10,12H2,1H3/b9-6+. The summed E-state index contributed by atoms with van der Waals surface area (Å²) in [4.78, 5) is 15.2. The summed E-state index contributed by atoms with van der Waals surface area (Å²) >= 11 is 1.61. The van der Waals surface area contributed by atoms with Gasteiger partial charge in [0, 0.05) is 29.6 Å². The van der Waals surface area contributed by atoms with Gasteiger partial charge in [-0.2, -0.15) is 0 Å². The minimum absolute atomic E-state index is 0.0116. The molecular weight excluding hydrogens is 326 g/mol. The van der Waals surface area contributed by atoms with Gasteiger partial charge in [0.25, 0.3) is 0 Å². The van der Waals surface area contributed by atoms with Gasteiger partial charge in [-0.15, -0.1) is 21.5 Å². The van der Waals surface area contributed by atoms with E-state index in [2.05, 4.69) is 10.2 Å². The van der Waals surface area contributed by atoms with Crippen LogP contribution in [0.25, 0.3) is 6.08 Å². The number of rotatable bonds is 5. The fourth-order valence-electron chi connectivity index (χ4n) is 2.53. The van der Waals surface area contributed by atoms with E-state index in [1.807, 2.05) is 28.5 Å². The Balaban J connectivity index is 1.56. The Bertz CT molecular complexity index is 686. The SMILES string of the molecule is COc1ccc(OC2CCCN(C(=O)/C=C/c3cccs3)C2)nn1. The van der Waals surface area contributed by atoms with Crippen molar-refractivity contribution < 1.29 is 14.3 Å². The first kappa shape index (κ1) is 16.4. The highest BCUT2D eigenvalue weighted by Gasteiger charge is 2.24. The quantitative estimate of drug-likeness (QED) is 0.780. The lowest BCUT2D eigenvalue weighted by Crippen LogP contribution is -2.43. The Morgan fingerprint density at radius 2 is 2.17 bits per heavy atom. The molecule has 6 nitrogen and oxygen atoms in total. The molecule has 0 saturated carbocycles. The summed E-state index contributed by atoms with van der Waals surface area (Å²) in [5.41, 5.74) is 0. The molecule has 1 aliphatic heterocycles. The molecule has 24 heavy (non-hydrogen) atoms. The maximum atomic E-state index is 12.3. The van der Waals surface area contributed by atoms with Crippen LogP contribution in [0.3, 0.4) is 0 Å². The third-order valence-corrected chi connectivity index (χ3v) is 4.57. The van der Waals surface area contributed by atoms with E-state index < -0.39 is 0 Å². The van der Waals surface area contributed by atoms with Gasteiger partial charge in [-0.1, -0.05) is 6.07 Å². The molecule has 0 aliphatic carbocycles. The van der Waals surface area contributed by atoms with Crippen molar-refractivity contribution >= 4 is 23.3 Å². The summed E-state index contributed by atoms with van der Waals surface area (Å²) < 4.78 is 10.8. The minimum atomic E-state index is -0.0690. The third-order valence-electron chi connectivity index (χ3n) is 3.74. The minimum Gasteiger partial charge on any atom is -0.480 e. The maximum absolute atomic E-state index is 12.3. The molecule has 1 atom stereocenters. The van der Waals surface area contributed by atoms with Gasteiger partial charge in [0.15, 0.2) is 0 Å². The number of aromatic nitrogens is 2. The second-order valence-corrected chi connectivity index (χ2v) is 6.41. The van der Waals surface area contributed by atoms with Crippen molar-refractivity contribution in [3.8, 4) is 11.8 Å². The Kier molecular flexibility index (Phi) is 5.43. The second kappa shape index (κ2) is 7.92. The lowest BCUT2D eigenvalue weighted by molar-refractivity contribution is -0.128. The Morgan fingerprint density at radius 3 is 2.88 bits per heavy atom. The Labute approximate surface area is 144 Å². The summed E-state index contributed by atoms with van der Waals surface area (Å²) in [6.07, 6.45) is 5.22. The van der Waals surface area contributed by atoms with Gasteiger partial charge in [0.2, 0.25) is 17.7 Å². The van der Waals surface area contributed by atoms with Crippen LogP contribution in [-0.4, -0.2) is 47.3 Å². The molecule has 1 fully saturated rings. The van der Waals surface area contributed by atoms with Crippen molar-refractivity contribution in [1.29, 1.82) is 0 Å². The summed E-state index contributed by atoms with van der Waals surface area (Å²) in [5.74, 6) is 0.906. The second-order valence-electron chi connectivity index (χ2n) is 5.43. The zero-order chi connectivity index (χ0) is 16.8. The van der Waals surface area contributed by atoms with Crippen LogP contribution in [0.2, 0.25) is 0 Å². The van der Waals surface area contributed by atoms with E-state index in [1.54, 1.807) is 36.7 Å². The lowest BCUT2D eigenvalue weighted by atomic mass is 10.1. The summed E-state index contributed by atoms with van der Waals surface area (Å²) in [6, 6.07) is 7.38. The number of piperidine rings is 1. The Hall–Kier alpha value is -2.41. The van der Waals surface area contributed by atoms with Crippen LogP contribution in [0.4, 0.5) is 0 Å². The van der Waals surface area contributed by atoms with Crippen molar-refractivity contribution in [3.05, 3.63) is 40.6 Å². The molecule has 7 heteroatoms. The zero-order valence-corrected chi connectivity index (χ0v) is 14.2. The van der Waals surface area contributed by atoms with Crippen molar-refractivity contribution in [1.82, 2.24) is 15.1 Å². The van der Waals surface area contributed by atoms with E-state index in [0.29, 0.717) is 18.3 Å². The molecule has 0 radical (unpaired) electrons. The lowest BCUT2D eigenvalue weighted by Gasteiger charge is -2.31. The number of likely N-dealkylation sites (tertiary alicyclic amines) is 1. The van der Waals surface area contributed by atoms with Crippen molar-refractivity contribution in [2.24, 2.45) is 0 Å². The van der Waals surface area contributed by atoms with Crippen LogP contribution in [0, 0.1) is 0 Å². The molecule has 0 aromatic carbocycles.